The molecular formula is C15H22N2OS. The Morgan fingerprint density at radius 3 is 2.32 bits per heavy atom. The maximum atomic E-state index is 12.3. The monoisotopic (exact) mass is 278 g/mol. The SMILES string of the molecule is CCC(C)N1CCN(C(=O)c2ccc(S)cc2)CC1. The molecule has 1 amide bonds. The average molecular weight is 278 g/mol. The fourth-order valence-electron chi connectivity index (χ4n) is 2.41. The minimum atomic E-state index is 0.136. The van der Waals surface area contributed by atoms with Crippen LogP contribution in [0, 0.1) is 0 Å². The molecule has 1 aliphatic rings. The molecule has 19 heavy (non-hydrogen) atoms. The van der Waals surface area contributed by atoms with Crippen LogP contribution in [-0.2, 0) is 0 Å². The summed E-state index contributed by atoms with van der Waals surface area (Å²) in [5.41, 5.74) is 0.759. The first kappa shape index (κ1) is 14.4. The van der Waals surface area contributed by atoms with Crippen LogP contribution < -0.4 is 0 Å². The Kier molecular flexibility index (Phi) is 4.88. The predicted molar refractivity (Wildman–Crippen MR) is 80.9 cm³/mol. The maximum absolute atomic E-state index is 12.3. The lowest BCUT2D eigenvalue weighted by atomic mass is 10.1. The Balaban J connectivity index is 1.94. The van der Waals surface area contributed by atoms with Crippen molar-refractivity contribution in [3.63, 3.8) is 0 Å². The zero-order chi connectivity index (χ0) is 13.8. The van der Waals surface area contributed by atoms with Crippen LogP contribution in [0.5, 0.6) is 0 Å². The van der Waals surface area contributed by atoms with Gasteiger partial charge in [0.15, 0.2) is 0 Å². The molecule has 1 unspecified atom stereocenters. The summed E-state index contributed by atoms with van der Waals surface area (Å²) in [4.78, 5) is 17.6. The molecule has 0 spiro atoms. The molecule has 0 aromatic heterocycles. The summed E-state index contributed by atoms with van der Waals surface area (Å²) >= 11 is 4.24. The number of hydrogen-bond acceptors (Lipinski definition) is 3. The Hall–Kier alpha value is -1.00. The van der Waals surface area contributed by atoms with Gasteiger partial charge < -0.3 is 4.90 Å². The Labute approximate surface area is 121 Å². The Morgan fingerprint density at radius 1 is 1.21 bits per heavy atom. The van der Waals surface area contributed by atoms with E-state index in [1.54, 1.807) is 0 Å². The molecule has 104 valence electrons. The second-order valence-electron chi connectivity index (χ2n) is 5.13. The number of carbonyl (C=O) groups is 1. The van der Waals surface area contributed by atoms with E-state index in [1.807, 2.05) is 29.2 Å². The normalized spacial score (nSPS) is 18.4. The van der Waals surface area contributed by atoms with Gasteiger partial charge in [-0.2, -0.15) is 0 Å². The summed E-state index contributed by atoms with van der Waals surface area (Å²) in [7, 11) is 0. The zero-order valence-corrected chi connectivity index (χ0v) is 12.6. The van der Waals surface area contributed by atoms with E-state index >= 15 is 0 Å². The lowest BCUT2D eigenvalue weighted by molar-refractivity contribution is 0.0579. The third-order valence-electron chi connectivity index (χ3n) is 3.93. The number of thiol groups is 1. The van der Waals surface area contributed by atoms with Crippen LogP contribution in [0.1, 0.15) is 30.6 Å². The third-order valence-corrected chi connectivity index (χ3v) is 4.23. The van der Waals surface area contributed by atoms with Crippen LogP contribution in [0.25, 0.3) is 0 Å². The van der Waals surface area contributed by atoms with Gasteiger partial charge in [-0.15, -0.1) is 12.6 Å². The quantitative estimate of drug-likeness (QED) is 0.859. The fraction of sp³-hybridized carbons (Fsp3) is 0.533. The van der Waals surface area contributed by atoms with Crippen LogP contribution in [0.3, 0.4) is 0 Å². The molecule has 0 N–H and O–H groups in total. The standard InChI is InChI=1S/C15H22N2OS/c1-3-12(2)16-8-10-17(11-9-16)15(18)13-4-6-14(19)7-5-13/h4-7,12,19H,3,8-11H2,1-2H3. The van der Waals surface area contributed by atoms with Crippen molar-refractivity contribution in [3.05, 3.63) is 29.8 Å². The van der Waals surface area contributed by atoms with Crippen LogP contribution in [-0.4, -0.2) is 47.9 Å². The molecule has 1 heterocycles. The Morgan fingerprint density at radius 2 is 1.79 bits per heavy atom. The third kappa shape index (κ3) is 3.51. The minimum absolute atomic E-state index is 0.136. The highest BCUT2D eigenvalue weighted by atomic mass is 32.1. The van der Waals surface area contributed by atoms with Crippen molar-refractivity contribution in [1.29, 1.82) is 0 Å². The van der Waals surface area contributed by atoms with Gasteiger partial charge in [-0.3, -0.25) is 9.69 Å². The second kappa shape index (κ2) is 6.44. The van der Waals surface area contributed by atoms with Crippen LogP contribution in [0.15, 0.2) is 29.2 Å². The molecule has 1 fully saturated rings. The molecule has 0 bridgehead atoms. The summed E-state index contributed by atoms with van der Waals surface area (Å²) < 4.78 is 0. The van der Waals surface area contributed by atoms with Crippen LogP contribution in [0.4, 0.5) is 0 Å². The van der Waals surface area contributed by atoms with E-state index in [1.165, 1.54) is 0 Å². The number of amides is 1. The Bertz CT molecular complexity index is 424. The topological polar surface area (TPSA) is 23.6 Å². The smallest absolute Gasteiger partial charge is 0.253 e. The molecule has 4 heteroatoms. The molecule has 2 rings (SSSR count). The predicted octanol–water partition coefficient (Wildman–Crippen LogP) is 2.53. The molecular weight excluding hydrogens is 256 g/mol. The number of rotatable bonds is 3. The number of nitrogens with zero attached hydrogens (tertiary/aromatic N) is 2. The second-order valence-corrected chi connectivity index (χ2v) is 5.65. The van der Waals surface area contributed by atoms with Crippen molar-refractivity contribution >= 4 is 18.5 Å². The first-order chi connectivity index (χ1) is 9.11. The summed E-state index contributed by atoms with van der Waals surface area (Å²) in [6.45, 7) is 8.07. The van der Waals surface area contributed by atoms with Gasteiger partial charge in [0.1, 0.15) is 0 Å². The summed E-state index contributed by atoms with van der Waals surface area (Å²) in [5, 5.41) is 0. The highest BCUT2D eigenvalue weighted by Crippen LogP contribution is 2.13. The fourth-order valence-corrected chi connectivity index (χ4v) is 2.56. The van der Waals surface area contributed by atoms with E-state index in [0.717, 1.165) is 43.1 Å². The largest absolute Gasteiger partial charge is 0.336 e. The lowest BCUT2D eigenvalue weighted by Gasteiger charge is -2.37. The van der Waals surface area contributed by atoms with E-state index in [9.17, 15) is 4.79 Å². The summed E-state index contributed by atoms with van der Waals surface area (Å²) in [6, 6.07) is 8.05. The van der Waals surface area contributed by atoms with Crippen molar-refractivity contribution in [2.45, 2.75) is 31.2 Å². The molecule has 0 saturated carbocycles. The van der Waals surface area contributed by atoms with Gasteiger partial charge in [0, 0.05) is 42.7 Å². The van der Waals surface area contributed by atoms with Crippen LogP contribution in [0.2, 0.25) is 0 Å². The van der Waals surface area contributed by atoms with Gasteiger partial charge in [-0.05, 0) is 37.6 Å². The van der Waals surface area contributed by atoms with Gasteiger partial charge in [0.2, 0.25) is 0 Å². The first-order valence-electron chi connectivity index (χ1n) is 6.94. The van der Waals surface area contributed by atoms with Gasteiger partial charge in [0.25, 0.3) is 5.91 Å². The van der Waals surface area contributed by atoms with Crippen molar-refractivity contribution in [2.24, 2.45) is 0 Å². The maximum Gasteiger partial charge on any atom is 0.253 e. The van der Waals surface area contributed by atoms with Crippen molar-refractivity contribution < 1.29 is 4.79 Å². The van der Waals surface area contributed by atoms with Gasteiger partial charge in [-0.1, -0.05) is 6.92 Å². The van der Waals surface area contributed by atoms with E-state index in [0.29, 0.717) is 6.04 Å². The van der Waals surface area contributed by atoms with Crippen LogP contribution >= 0.6 is 12.6 Å². The van der Waals surface area contributed by atoms with Crippen molar-refractivity contribution in [1.82, 2.24) is 9.80 Å². The van der Waals surface area contributed by atoms with Crippen molar-refractivity contribution in [3.8, 4) is 0 Å². The molecule has 1 aliphatic heterocycles. The molecule has 1 aromatic rings. The number of benzene rings is 1. The van der Waals surface area contributed by atoms with Gasteiger partial charge >= 0.3 is 0 Å². The van der Waals surface area contributed by atoms with E-state index in [2.05, 4.69) is 31.4 Å². The summed E-state index contributed by atoms with van der Waals surface area (Å²) in [6.07, 6.45) is 1.16. The van der Waals surface area contributed by atoms with Crippen molar-refractivity contribution in [2.75, 3.05) is 26.2 Å². The number of hydrogen-bond donors (Lipinski definition) is 1. The molecule has 1 atom stereocenters. The molecule has 1 saturated heterocycles. The van der Waals surface area contributed by atoms with E-state index in [-0.39, 0.29) is 5.91 Å². The first-order valence-corrected chi connectivity index (χ1v) is 7.39. The minimum Gasteiger partial charge on any atom is -0.336 e. The molecule has 0 aliphatic carbocycles. The van der Waals surface area contributed by atoms with Gasteiger partial charge in [0.05, 0.1) is 0 Å². The zero-order valence-electron chi connectivity index (χ0n) is 11.7. The average Bonchev–Trinajstić information content (AvgIpc) is 2.46. The highest BCUT2D eigenvalue weighted by Gasteiger charge is 2.23. The van der Waals surface area contributed by atoms with E-state index in [4.69, 9.17) is 0 Å². The highest BCUT2D eigenvalue weighted by molar-refractivity contribution is 7.80. The van der Waals surface area contributed by atoms with Gasteiger partial charge in [-0.25, -0.2) is 0 Å². The molecule has 0 radical (unpaired) electrons. The lowest BCUT2D eigenvalue weighted by Crippen LogP contribution is -2.51. The summed E-state index contributed by atoms with van der Waals surface area (Å²) in [5.74, 6) is 0.136. The molecule has 3 nitrogen and oxygen atoms in total. The van der Waals surface area contributed by atoms with E-state index < -0.39 is 0 Å². The number of carbonyl (C=O) groups excluding carboxylic acids is 1. The molecule has 1 aromatic carbocycles. The number of piperazine rings is 1.